The van der Waals surface area contributed by atoms with Crippen molar-refractivity contribution in [2.24, 2.45) is 11.8 Å². The van der Waals surface area contributed by atoms with E-state index in [1.807, 2.05) is 20.8 Å². The molecule has 1 saturated heterocycles. The maximum atomic E-state index is 12.2. The van der Waals surface area contributed by atoms with Crippen LogP contribution in [0.4, 0.5) is 9.59 Å². The minimum absolute atomic E-state index is 0.0976. The average Bonchev–Trinajstić information content (AvgIpc) is 2.55. The molecule has 0 unspecified atom stereocenters. The van der Waals surface area contributed by atoms with E-state index in [2.05, 4.69) is 0 Å². The Kier molecular flexibility index (Phi) is 3.84. The third-order valence-corrected chi connectivity index (χ3v) is 4.18. The highest BCUT2D eigenvalue weighted by molar-refractivity contribution is 5.69. The van der Waals surface area contributed by atoms with Gasteiger partial charge in [0.05, 0.1) is 0 Å². The van der Waals surface area contributed by atoms with Crippen LogP contribution in [0.15, 0.2) is 0 Å². The fraction of sp³-hybridized carbons (Fsp3) is 0.857. The number of nitrogens with zero attached hydrogens (tertiary/aromatic N) is 2. The Morgan fingerprint density at radius 3 is 2.10 bits per heavy atom. The summed E-state index contributed by atoms with van der Waals surface area (Å²) in [6.45, 7) is 6.58. The summed E-state index contributed by atoms with van der Waals surface area (Å²) in [5.74, 6) is 0.449. The highest BCUT2D eigenvalue weighted by Gasteiger charge is 2.47. The lowest BCUT2D eigenvalue weighted by Crippen LogP contribution is -2.54. The van der Waals surface area contributed by atoms with Crippen molar-refractivity contribution < 1.29 is 19.4 Å². The van der Waals surface area contributed by atoms with E-state index in [4.69, 9.17) is 9.84 Å². The normalized spacial score (nSPS) is 29.2. The van der Waals surface area contributed by atoms with E-state index in [0.717, 1.165) is 12.8 Å². The molecule has 2 bridgehead atoms. The van der Waals surface area contributed by atoms with E-state index in [1.165, 1.54) is 4.90 Å². The number of piperidine rings is 1. The van der Waals surface area contributed by atoms with E-state index in [1.54, 1.807) is 11.9 Å². The van der Waals surface area contributed by atoms with Gasteiger partial charge < -0.3 is 19.6 Å². The smallest absolute Gasteiger partial charge is 0.410 e. The lowest BCUT2D eigenvalue weighted by atomic mass is 9.91. The van der Waals surface area contributed by atoms with Gasteiger partial charge in [0.2, 0.25) is 0 Å². The maximum Gasteiger partial charge on any atom is 0.410 e. The molecule has 0 aromatic rings. The quantitative estimate of drug-likeness (QED) is 0.801. The molecule has 0 radical (unpaired) electrons. The van der Waals surface area contributed by atoms with Crippen LogP contribution >= 0.6 is 0 Å². The Bertz CT molecular complexity index is 390. The fourth-order valence-electron chi connectivity index (χ4n) is 3.44. The SMILES string of the molecule is CN(C(=O)OC(C)(C)C)[C@@H]1[C@@H]2CC[C@H]1CN(C(=O)O)C2. The van der Waals surface area contributed by atoms with Crippen molar-refractivity contribution >= 4 is 12.2 Å². The summed E-state index contributed by atoms with van der Waals surface area (Å²) in [5, 5.41) is 9.11. The van der Waals surface area contributed by atoms with Crippen LogP contribution in [0.3, 0.4) is 0 Å². The van der Waals surface area contributed by atoms with Crippen LogP contribution < -0.4 is 0 Å². The summed E-state index contributed by atoms with van der Waals surface area (Å²) in [4.78, 5) is 26.4. The van der Waals surface area contributed by atoms with Crippen molar-refractivity contribution in [3.05, 3.63) is 0 Å². The number of carbonyl (C=O) groups is 2. The van der Waals surface area contributed by atoms with Crippen molar-refractivity contribution in [3.8, 4) is 0 Å². The van der Waals surface area contributed by atoms with Gasteiger partial charge in [-0.15, -0.1) is 0 Å². The van der Waals surface area contributed by atoms with Crippen molar-refractivity contribution in [1.29, 1.82) is 0 Å². The van der Waals surface area contributed by atoms with Gasteiger partial charge in [-0.1, -0.05) is 0 Å². The van der Waals surface area contributed by atoms with Crippen molar-refractivity contribution in [1.82, 2.24) is 9.80 Å². The van der Waals surface area contributed by atoms with E-state index in [-0.39, 0.29) is 24.0 Å². The summed E-state index contributed by atoms with van der Waals surface area (Å²) in [6.07, 6.45) is 0.779. The van der Waals surface area contributed by atoms with Crippen LogP contribution in [-0.4, -0.2) is 58.9 Å². The van der Waals surface area contributed by atoms with Crippen LogP contribution in [0.2, 0.25) is 0 Å². The summed E-state index contributed by atoms with van der Waals surface area (Å²) in [5.41, 5.74) is -0.508. The number of likely N-dealkylation sites (tertiary alicyclic amines) is 1. The number of hydrogen-bond donors (Lipinski definition) is 1. The molecule has 1 saturated carbocycles. The summed E-state index contributed by atoms with van der Waals surface area (Å²) < 4.78 is 5.41. The van der Waals surface area contributed by atoms with Gasteiger partial charge in [-0.3, -0.25) is 0 Å². The Morgan fingerprint density at radius 2 is 1.70 bits per heavy atom. The van der Waals surface area contributed by atoms with Gasteiger partial charge in [-0.05, 0) is 45.4 Å². The topological polar surface area (TPSA) is 70.1 Å². The van der Waals surface area contributed by atoms with Gasteiger partial charge in [-0.2, -0.15) is 0 Å². The molecule has 2 rings (SSSR count). The molecule has 114 valence electrons. The predicted octanol–water partition coefficient (Wildman–Crippen LogP) is 2.24. The fourth-order valence-corrected chi connectivity index (χ4v) is 3.44. The molecule has 6 heteroatoms. The first-order chi connectivity index (χ1) is 9.19. The third kappa shape index (κ3) is 2.99. The molecule has 0 aromatic heterocycles. The number of hydrogen-bond acceptors (Lipinski definition) is 3. The van der Waals surface area contributed by atoms with Gasteiger partial charge in [0, 0.05) is 26.2 Å². The number of rotatable bonds is 1. The molecule has 0 spiro atoms. The van der Waals surface area contributed by atoms with Crippen LogP contribution in [-0.2, 0) is 4.74 Å². The summed E-state index contributed by atoms with van der Waals surface area (Å²) >= 11 is 0. The molecule has 20 heavy (non-hydrogen) atoms. The molecule has 2 aliphatic rings. The first-order valence-corrected chi connectivity index (χ1v) is 7.12. The number of ether oxygens (including phenoxy) is 1. The molecule has 1 heterocycles. The highest BCUT2D eigenvalue weighted by atomic mass is 16.6. The minimum atomic E-state index is -0.861. The van der Waals surface area contributed by atoms with Crippen LogP contribution in [0.25, 0.3) is 0 Å². The standard InChI is InChI=1S/C14H24N2O4/c1-14(2,3)20-13(19)15(4)11-9-5-6-10(11)8-16(7-9)12(17)18/h9-11H,5-8H2,1-4H3,(H,17,18)/t9-,10+,11-. The second-order valence-corrected chi connectivity index (χ2v) is 6.87. The summed E-state index contributed by atoms with van der Waals surface area (Å²) in [6, 6.07) is 0.0976. The van der Waals surface area contributed by atoms with E-state index < -0.39 is 11.7 Å². The average molecular weight is 284 g/mol. The lowest BCUT2D eigenvalue weighted by molar-refractivity contribution is 0.00267. The molecule has 3 atom stereocenters. The first kappa shape index (κ1) is 14.9. The zero-order valence-corrected chi connectivity index (χ0v) is 12.6. The molecule has 2 amide bonds. The Balaban J connectivity index is 2.04. The molecule has 1 aliphatic carbocycles. The van der Waals surface area contributed by atoms with Gasteiger partial charge >= 0.3 is 12.2 Å². The number of fused-ring (bicyclic) bond motifs is 2. The molecular weight excluding hydrogens is 260 g/mol. The van der Waals surface area contributed by atoms with E-state index in [9.17, 15) is 9.59 Å². The predicted molar refractivity (Wildman–Crippen MR) is 73.6 cm³/mol. The molecule has 2 fully saturated rings. The highest BCUT2D eigenvalue weighted by Crippen LogP contribution is 2.40. The Morgan fingerprint density at radius 1 is 1.20 bits per heavy atom. The number of amides is 2. The second kappa shape index (κ2) is 5.14. The first-order valence-electron chi connectivity index (χ1n) is 7.12. The zero-order chi connectivity index (χ0) is 15.1. The Hall–Kier alpha value is -1.46. The largest absolute Gasteiger partial charge is 0.465 e. The minimum Gasteiger partial charge on any atom is -0.465 e. The zero-order valence-electron chi connectivity index (χ0n) is 12.6. The summed E-state index contributed by atoms with van der Waals surface area (Å²) in [7, 11) is 1.76. The molecular formula is C14H24N2O4. The van der Waals surface area contributed by atoms with Gasteiger partial charge in [0.15, 0.2) is 0 Å². The monoisotopic (exact) mass is 284 g/mol. The third-order valence-electron chi connectivity index (χ3n) is 4.18. The van der Waals surface area contributed by atoms with Crippen molar-refractivity contribution in [3.63, 3.8) is 0 Å². The van der Waals surface area contributed by atoms with Gasteiger partial charge in [-0.25, -0.2) is 9.59 Å². The van der Waals surface area contributed by atoms with Crippen LogP contribution in [0.1, 0.15) is 33.6 Å². The van der Waals surface area contributed by atoms with Crippen molar-refractivity contribution in [2.45, 2.75) is 45.3 Å². The molecule has 6 nitrogen and oxygen atoms in total. The van der Waals surface area contributed by atoms with Crippen molar-refractivity contribution in [2.75, 3.05) is 20.1 Å². The Labute approximate surface area is 119 Å². The van der Waals surface area contributed by atoms with Crippen LogP contribution in [0, 0.1) is 11.8 Å². The van der Waals surface area contributed by atoms with E-state index in [0.29, 0.717) is 13.1 Å². The van der Waals surface area contributed by atoms with Gasteiger partial charge in [0.1, 0.15) is 5.60 Å². The molecule has 0 aromatic carbocycles. The second-order valence-electron chi connectivity index (χ2n) is 6.87. The molecule has 1 aliphatic heterocycles. The number of carboxylic acid groups (broad SMARTS) is 1. The van der Waals surface area contributed by atoms with Gasteiger partial charge in [0.25, 0.3) is 0 Å². The van der Waals surface area contributed by atoms with Crippen LogP contribution in [0.5, 0.6) is 0 Å². The number of carbonyl (C=O) groups excluding carboxylic acids is 1. The van der Waals surface area contributed by atoms with E-state index >= 15 is 0 Å². The maximum absolute atomic E-state index is 12.2. The molecule has 1 N–H and O–H groups in total. The lowest BCUT2D eigenvalue weighted by Gasteiger charge is -2.41.